The smallest absolute Gasteiger partial charge is 0.220 e. The molecule has 4 heterocycles. The van der Waals surface area contributed by atoms with Crippen molar-refractivity contribution in [2.24, 2.45) is 0 Å². The maximum atomic E-state index is 12.5. The van der Waals surface area contributed by atoms with Gasteiger partial charge in [0, 0.05) is 44.0 Å². The van der Waals surface area contributed by atoms with Gasteiger partial charge in [-0.2, -0.15) is 10.2 Å². The topological polar surface area (TPSA) is 93.8 Å². The summed E-state index contributed by atoms with van der Waals surface area (Å²) in [5, 5.41) is 21.2. The van der Waals surface area contributed by atoms with Crippen molar-refractivity contribution in [2.45, 2.75) is 79.7 Å². The first-order chi connectivity index (χ1) is 16.9. The summed E-state index contributed by atoms with van der Waals surface area (Å²) in [5.41, 5.74) is 6.49. The lowest BCUT2D eigenvalue weighted by Gasteiger charge is -2.27. The van der Waals surface area contributed by atoms with Gasteiger partial charge >= 0.3 is 0 Å². The number of carbonyl (C=O) groups excluding carboxylic acids is 1. The highest BCUT2D eigenvalue weighted by Gasteiger charge is 2.17. The standard InChI is InChI=1S/C26H38N8O/c1-6-33-20(4)23(18(2)30-33)14-15-27-26(35)13-10-22-19(3)31-34(21(22)5)25-12-11-24(28-29-25)32-16-8-7-9-17-32/h11-12H,6-10,13-17H2,1-5H3,(H,27,35). The molecule has 0 radical (unpaired) electrons. The van der Waals surface area contributed by atoms with Crippen molar-refractivity contribution in [3.05, 3.63) is 46.0 Å². The zero-order valence-electron chi connectivity index (χ0n) is 21.8. The molecule has 0 atom stereocenters. The predicted octanol–water partition coefficient (Wildman–Crippen LogP) is 3.39. The first-order valence-corrected chi connectivity index (χ1v) is 12.8. The Hall–Kier alpha value is -3.23. The molecule has 0 bridgehead atoms. The molecule has 1 aliphatic heterocycles. The van der Waals surface area contributed by atoms with E-state index in [4.69, 9.17) is 5.10 Å². The number of piperidine rings is 1. The van der Waals surface area contributed by atoms with E-state index in [1.807, 2.05) is 42.3 Å². The lowest BCUT2D eigenvalue weighted by Crippen LogP contribution is -2.30. The van der Waals surface area contributed by atoms with E-state index in [1.165, 1.54) is 30.5 Å². The second-order valence-corrected chi connectivity index (χ2v) is 9.42. The third-order valence-electron chi connectivity index (χ3n) is 7.10. The summed E-state index contributed by atoms with van der Waals surface area (Å²) in [7, 11) is 0. The second-order valence-electron chi connectivity index (χ2n) is 9.42. The average Bonchev–Trinajstić information content (AvgIpc) is 3.32. The minimum absolute atomic E-state index is 0.0559. The lowest BCUT2D eigenvalue weighted by atomic mass is 10.1. The van der Waals surface area contributed by atoms with Gasteiger partial charge in [0.1, 0.15) is 0 Å². The van der Waals surface area contributed by atoms with E-state index in [1.54, 1.807) is 0 Å². The molecule has 0 aromatic carbocycles. The third kappa shape index (κ3) is 5.55. The van der Waals surface area contributed by atoms with Crippen molar-refractivity contribution in [1.29, 1.82) is 0 Å². The maximum Gasteiger partial charge on any atom is 0.220 e. The Morgan fingerprint density at radius 2 is 1.54 bits per heavy atom. The van der Waals surface area contributed by atoms with Crippen LogP contribution in [0.25, 0.3) is 5.82 Å². The number of aryl methyl sites for hydroxylation is 3. The molecule has 1 aliphatic rings. The highest BCUT2D eigenvalue weighted by molar-refractivity contribution is 5.76. The van der Waals surface area contributed by atoms with Crippen LogP contribution in [-0.4, -0.2) is 55.3 Å². The van der Waals surface area contributed by atoms with E-state index in [-0.39, 0.29) is 5.91 Å². The number of hydrogen-bond donors (Lipinski definition) is 1. The zero-order chi connectivity index (χ0) is 24.9. The predicted molar refractivity (Wildman–Crippen MR) is 137 cm³/mol. The number of nitrogens with zero attached hydrogens (tertiary/aromatic N) is 7. The summed E-state index contributed by atoms with van der Waals surface area (Å²) < 4.78 is 3.85. The fourth-order valence-corrected chi connectivity index (χ4v) is 5.04. The van der Waals surface area contributed by atoms with Crippen LogP contribution in [0, 0.1) is 27.7 Å². The van der Waals surface area contributed by atoms with Gasteiger partial charge in [-0.25, -0.2) is 4.68 Å². The van der Waals surface area contributed by atoms with E-state index in [9.17, 15) is 4.79 Å². The SMILES string of the molecule is CCn1nc(C)c(CCNC(=O)CCc2c(C)nn(-c3ccc(N4CCCCC4)nn3)c2C)c1C. The average molecular weight is 479 g/mol. The molecule has 188 valence electrons. The molecule has 1 amide bonds. The van der Waals surface area contributed by atoms with Gasteiger partial charge in [-0.05, 0) is 90.0 Å². The highest BCUT2D eigenvalue weighted by Crippen LogP contribution is 2.21. The van der Waals surface area contributed by atoms with Gasteiger partial charge in [-0.1, -0.05) is 0 Å². The van der Waals surface area contributed by atoms with Gasteiger partial charge in [0.15, 0.2) is 11.6 Å². The summed E-state index contributed by atoms with van der Waals surface area (Å²) in [6.45, 7) is 13.8. The van der Waals surface area contributed by atoms with Crippen LogP contribution in [0.15, 0.2) is 12.1 Å². The third-order valence-corrected chi connectivity index (χ3v) is 7.10. The number of carbonyl (C=O) groups is 1. The van der Waals surface area contributed by atoms with Crippen LogP contribution in [0.5, 0.6) is 0 Å². The Kier molecular flexibility index (Phi) is 7.83. The molecule has 9 nitrogen and oxygen atoms in total. The normalized spacial score (nSPS) is 13.9. The van der Waals surface area contributed by atoms with E-state index in [0.717, 1.165) is 54.5 Å². The van der Waals surface area contributed by atoms with Crippen molar-refractivity contribution in [1.82, 2.24) is 35.1 Å². The quantitative estimate of drug-likeness (QED) is 0.507. The molecule has 35 heavy (non-hydrogen) atoms. The molecule has 0 spiro atoms. The largest absolute Gasteiger partial charge is 0.356 e. The van der Waals surface area contributed by atoms with Crippen molar-refractivity contribution >= 4 is 11.7 Å². The van der Waals surface area contributed by atoms with E-state index in [0.29, 0.717) is 25.2 Å². The monoisotopic (exact) mass is 478 g/mol. The number of amides is 1. The number of hydrogen-bond acceptors (Lipinski definition) is 6. The van der Waals surface area contributed by atoms with Crippen LogP contribution in [0.2, 0.25) is 0 Å². The van der Waals surface area contributed by atoms with Gasteiger partial charge in [0.05, 0.1) is 11.4 Å². The van der Waals surface area contributed by atoms with E-state index < -0.39 is 0 Å². The molecule has 4 rings (SSSR count). The molecule has 1 saturated heterocycles. The maximum absolute atomic E-state index is 12.5. The minimum atomic E-state index is 0.0559. The Morgan fingerprint density at radius 1 is 0.886 bits per heavy atom. The fraction of sp³-hybridized carbons (Fsp3) is 0.577. The van der Waals surface area contributed by atoms with Crippen LogP contribution < -0.4 is 10.2 Å². The molecular weight excluding hydrogens is 440 g/mol. The zero-order valence-corrected chi connectivity index (χ0v) is 21.8. The molecule has 1 fully saturated rings. The van der Waals surface area contributed by atoms with Gasteiger partial charge in [-0.15, -0.1) is 10.2 Å². The highest BCUT2D eigenvalue weighted by atomic mass is 16.1. The molecule has 0 unspecified atom stereocenters. The number of aromatic nitrogens is 6. The first kappa shape index (κ1) is 24.9. The van der Waals surface area contributed by atoms with Gasteiger partial charge in [0.25, 0.3) is 0 Å². The van der Waals surface area contributed by atoms with Gasteiger partial charge in [0.2, 0.25) is 5.91 Å². The molecule has 9 heteroatoms. The first-order valence-electron chi connectivity index (χ1n) is 12.8. The molecule has 0 aliphatic carbocycles. The van der Waals surface area contributed by atoms with Crippen molar-refractivity contribution < 1.29 is 4.79 Å². The lowest BCUT2D eigenvalue weighted by molar-refractivity contribution is -0.121. The number of rotatable bonds is 9. The molecule has 3 aromatic heterocycles. The van der Waals surface area contributed by atoms with Crippen molar-refractivity contribution in [3.63, 3.8) is 0 Å². The fourth-order valence-electron chi connectivity index (χ4n) is 5.04. The Balaban J connectivity index is 1.33. The number of nitrogens with one attached hydrogen (secondary N) is 1. The summed E-state index contributed by atoms with van der Waals surface area (Å²) >= 11 is 0. The molecule has 3 aromatic rings. The second kappa shape index (κ2) is 11.0. The Morgan fingerprint density at radius 3 is 2.20 bits per heavy atom. The Labute approximate surface area is 207 Å². The van der Waals surface area contributed by atoms with E-state index in [2.05, 4.69) is 39.4 Å². The van der Waals surface area contributed by atoms with E-state index >= 15 is 0 Å². The van der Waals surface area contributed by atoms with Crippen molar-refractivity contribution in [3.8, 4) is 5.82 Å². The van der Waals surface area contributed by atoms with Crippen molar-refractivity contribution in [2.75, 3.05) is 24.5 Å². The van der Waals surface area contributed by atoms with Gasteiger partial charge in [-0.3, -0.25) is 9.48 Å². The van der Waals surface area contributed by atoms with Crippen LogP contribution in [0.4, 0.5) is 5.82 Å². The van der Waals surface area contributed by atoms with Crippen LogP contribution in [-0.2, 0) is 24.2 Å². The van der Waals surface area contributed by atoms with Crippen LogP contribution >= 0.6 is 0 Å². The van der Waals surface area contributed by atoms with Crippen LogP contribution in [0.3, 0.4) is 0 Å². The molecule has 1 N–H and O–H groups in total. The summed E-state index contributed by atoms with van der Waals surface area (Å²) in [6.07, 6.45) is 5.58. The molecular formula is C26H38N8O. The number of anilines is 1. The Bertz CT molecular complexity index is 1160. The summed E-state index contributed by atoms with van der Waals surface area (Å²) in [6, 6.07) is 4.02. The summed E-state index contributed by atoms with van der Waals surface area (Å²) in [5.74, 6) is 1.69. The summed E-state index contributed by atoms with van der Waals surface area (Å²) in [4.78, 5) is 14.8. The minimum Gasteiger partial charge on any atom is -0.356 e. The molecule has 0 saturated carbocycles. The van der Waals surface area contributed by atoms with Gasteiger partial charge < -0.3 is 10.2 Å². The van der Waals surface area contributed by atoms with Crippen LogP contribution in [0.1, 0.15) is 66.5 Å².